The van der Waals surface area contributed by atoms with Gasteiger partial charge in [0.25, 0.3) is 5.91 Å². The highest BCUT2D eigenvalue weighted by atomic mass is 32.1. The predicted molar refractivity (Wildman–Crippen MR) is 107 cm³/mol. The molecule has 6 nitrogen and oxygen atoms in total. The van der Waals surface area contributed by atoms with Crippen LogP contribution in [0, 0.1) is 17.6 Å². The normalized spacial score (nSPS) is 15.0. The van der Waals surface area contributed by atoms with Crippen molar-refractivity contribution < 1.29 is 18.4 Å². The van der Waals surface area contributed by atoms with Crippen molar-refractivity contribution in [2.45, 2.75) is 45.4 Å². The van der Waals surface area contributed by atoms with E-state index in [0.717, 1.165) is 42.8 Å². The Balaban J connectivity index is 1.59. The van der Waals surface area contributed by atoms with Gasteiger partial charge in [-0.1, -0.05) is 25.2 Å². The fraction of sp³-hybridized carbons (Fsp3) is 0.500. The molecule has 29 heavy (non-hydrogen) atoms. The summed E-state index contributed by atoms with van der Waals surface area (Å²) >= 11 is 1.17. The van der Waals surface area contributed by atoms with E-state index in [1.54, 1.807) is 0 Å². The Morgan fingerprint density at radius 2 is 1.90 bits per heavy atom. The van der Waals surface area contributed by atoms with E-state index in [4.69, 9.17) is 0 Å². The summed E-state index contributed by atoms with van der Waals surface area (Å²) in [7, 11) is 0. The molecule has 1 saturated heterocycles. The zero-order valence-electron chi connectivity index (χ0n) is 16.5. The summed E-state index contributed by atoms with van der Waals surface area (Å²) in [6, 6.07) is 2.94. The Bertz CT molecular complexity index is 877. The van der Waals surface area contributed by atoms with E-state index in [0.29, 0.717) is 19.2 Å². The van der Waals surface area contributed by atoms with Crippen molar-refractivity contribution in [3.63, 3.8) is 0 Å². The van der Waals surface area contributed by atoms with Gasteiger partial charge in [-0.25, -0.2) is 8.78 Å². The Labute approximate surface area is 172 Å². The lowest BCUT2D eigenvalue weighted by Gasteiger charge is -2.33. The monoisotopic (exact) mass is 422 g/mol. The number of hydrogen-bond donors (Lipinski definition) is 1. The molecule has 2 amide bonds. The molecule has 0 spiro atoms. The molecule has 0 radical (unpaired) electrons. The van der Waals surface area contributed by atoms with E-state index in [1.807, 2.05) is 18.7 Å². The second-order valence-electron chi connectivity index (χ2n) is 7.14. The lowest BCUT2D eigenvalue weighted by atomic mass is 9.95. The molecule has 0 atom stereocenters. The Hall–Kier alpha value is -2.42. The van der Waals surface area contributed by atoms with Gasteiger partial charge in [-0.05, 0) is 37.8 Å². The molecule has 3 rings (SSSR count). The SMILES string of the molecule is CCC(CC)C(=O)N1CCC(c2nnc(C(=O)Nc3ccc(F)cc3F)s2)CC1. The van der Waals surface area contributed by atoms with E-state index in [1.165, 1.54) is 11.3 Å². The molecule has 0 unspecified atom stereocenters. The number of amides is 2. The number of aromatic nitrogens is 2. The van der Waals surface area contributed by atoms with Gasteiger partial charge >= 0.3 is 0 Å². The maximum atomic E-state index is 13.7. The van der Waals surface area contributed by atoms with Gasteiger partial charge in [-0.2, -0.15) is 0 Å². The molecule has 0 bridgehead atoms. The van der Waals surface area contributed by atoms with Gasteiger partial charge in [0.1, 0.15) is 16.6 Å². The third kappa shape index (κ3) is 4.95. The first-order valence-electron chi connectivity index (χ1n) is 9.81. The minimum absolute atomic E-state index is 0.0789. The van der Waals surface area contributed by atoms with Gasteiger partial charge in [0.2, 0.25) is 10.9 Å². The fourth-order valence-corrected chi connectivity index (χ4v) is 4.41. The van der Waals surface area contributed by atoms with Crippen molar-refractivity contribution in [2.24, 2.45) is 5.92 Å². The van der Waals surface area contributed by atoms with Crippen LogP contribution in [-0.2, 0) is 4.79 Å². The van der Waals surface area contributed by atoms with Crippen LogP contribution in [0.2, 0.25) is 0 Å². The van der Waals surface area contributed by atoms with E-state index >= 15 is 0 Å². The second kappa shape index (κ2) is 9.39. The molecule has 1 aromatic heterocycles. The van der Waals surface area contributed by atoms with Crippen LogP contribution in [0.15, 0.2) is 18.2 Å². The molecule has 0 saturated carbocycles. The summed E-state index contributed by atoms with van der Waals surface area (Å²) in [5.41, 5.74) is -0.110. The molecule has 1 aliphatic rings. The van der Waals surface area contributed by atoms with Crippen molar-refractivity contribution in [3.05, 3.63) is 39.8 Å². The Kier molecular flexibility index (Phi) is 6.89. The van der Waals surface area contributed by atoms with Crippen molar-refractivity contribution >= 4 is 28.8 Å². The fourth-order valence-electron chi connectivity index (χ4n) is 3.50. The molecule has 1 fully saturated rings. The first kappa shape index (κ1) is 21.3. The number of nitrogens with one attached hydrogen (secondary N) is 1. The summed E-state index contributed by atoms with van der Waals surface area (Å²) in [6.45, 7) is 5.40. The minimum Gasteiger partial charge on any atom is -0.342 e. The minimum atomic E-state index is -0.849. The summed E-state index contributed by atoms with van der Waals surface area (Å²) < 4.78 is 26.7. The van der Waals surface area contributed by atoms with Crippen LogP contribution in [0.3, 0.4) is 0 Å². The third-order valence-electron chi connectivity index (χ3n) is 5.30. The highest BCUT2D eigenvalue weighted by molar-refractivity contribution is 7.13. The van der Waals surface area contributed by atoms with Gasteiger partial charge in [-0.15, -0.1) is 10.2 Å². The average molecular weight is 423 g/mol. The maximum Gasteiger partial charge on any atom is 0.286 e. The molecule has 2 heterocycles. The molecule has 0 aliphatic carbocycles. The van der Waals surface area contributed by atoms with E-state index in [-0.39, 0.29) is 28.4 Å². The largest absolute Gasteiger partial charge is 0.342 e. The second-order valence-corrected chi connectivity index (χ2v) is 8.15. The van der Waals surface area contributed by atoms with Crippen LogP contribution in [0.5, 0.6) is 0 Å². The number of piperidine rings is 1. The molecular formula is C20H24F2N4O2S. The smallest absolute Gasteiger partial charge is 0.286 e. The van der Waals surface area contributed by atoms with Crippen molar-refractivity contribution in [3.8, 4) is 0 Å². The lowest BCUT2D eigenvalue weighted by Crippen LogP contribution is -2.41. The van der Waals surface area contributed by atoms with Crippen molar-refractivity contribution in [2.75, 3.05) is 18.4 Å². The van der Waals surface area contributed by atoms with Gasteiger partial charge < -0.3 is 10.2 Å². The molecular weight excluding hydrogens is 398 g/mol. The van der Waals surface area contributed by atoms with Gasteiger partial charge in [-0.3, -0.25) is 9.59 Å². The molecule has 1 aromatic carbocycles. The van der Waals surface area contributed by atoms with Crippen LogP contribution in [0.1, 0.15) is 60.3 Å². The number of anilines is 1. The lowest BCUT2D eigenvalue weighted by molar-refractivity contribution is -0.136. The quantitative estimate of drug-likeness (QED) is 0.757. The molecule has 156 valence electrons. The summed E-state index contributed by atoms with van der Waals surface area (Å²) in [6.07, 6.45) is 3.24. The van der Waals surface area contributed by atoms with Crippen molar-refractivity contribution in [1.82, 2.24) is 15.1 Å². The molecule has 1 aliphatic heterocycles. The molecule has 2 aromatic rings. The van der Waals surface area contributed by atoms with E-state index in [2.05, 4.69) is 15.5 Å². The van der Waals surface area contributed by atoms with Crippen LogP contribution in [-0.4, -0.2) is 40.0 Å². The van der Waals surface area contributed by atoms with Crippen LogP contribution < -0.4 is 5.32 Å². The number of likely N-dealkylation sites (tertiary alicyclic amines) is 1. The highest BCUT2D eigenvalue weighted by Gasteiger charge is 2.29. The summed E-state index contributed by atoms with van der Waals surface area (Å²) in [4.78, 5) is 26.7. The van der Waals surface area contributed by atoms with Gasteiger partial charge in [0, 0.05) is 31.0 Å². The topological polar surface area (TPSA) is 75.2 Å². The maximum absolute atomic E-state index is 13.7. The first-order chi connectivity index (χ1) is 13.9. The van der Waals surface area contributed by atoms with Gasteiger partial charge in [0.05, 0.1) is 5.69 Å². The van der Waals surface area contributed by atoms with Crippen LogP contribution in [0.4, 0.5) is 14.5 Å². The number of hydrogen-bond acceptors (Lipinski definition) is 5. The summed E-state index contributed by atoms with van der Waals surface area (Å²) in [5.74, 6) is -1.71. The number of rotatable bonds is 6. The van der Waals surface area contributed by atoms with Crippen LogP contribution >= 0.6 is 11.3 Å². The third-order valence-corrected chi connectivity index (χ3v) is 6.39. The number of halogens is 2. The zero-order valence-corrected chi connectivity index (χ0v) is 17.3. The Morgan fingerprint density at radius 3 is 2.52 bits per heavy atom. The first-order valence-corrected chi connectivity index (χ1v) is 10.6. The van der Waals surface area contributed by atoms with Crippen LogP contribution in [0.25, 0.3) is 0 Å². The number of carbonyl (C=O) groups excluding carboxylic acids is 2. The van der Waals surface area contributed by atoms with E-state index in [9.17, 15) is 18.4 Å². The van der Waals surface area contributed by atoms with Crippen molar-refractivity contribution in [1.29, 1.82) is 0 Å². The predicted octanol–water partition coefficient (Wildman–Crippen LogP) is 4.21. The molecule has 1 N–H and O–H groups in total. The number of benzene rings is 1. The molecule has 9 heteroatoms. The average Bonchev–Trinajstić information content (AvgIpc) is 3.21. The number of nitrogens with zero attached hydrogens (tertiary/aromatic N) is 3. The number of carbonyl (C=O) groups is 2. The highest BCUT2D eigenvalue weighted by Crippen LogP contribution is 2.31. The summed E-state index contributed by atoms with van der Waals surface area (Å²) in [5, 5.41) is 11.3. The Morgan fingerprint density at radius 1 is 1.21 bits per heavy atom. The van der Waals surface area contributed by atoms with Gasteiger partial charge in [0.15, 0.2) is 0 Å². The zero-order chi connectivity index (χ0) is 21.0. The standard InChI is InChI=1S/C20H24F2N4O2S/c1-3-12(4-2)20(28)26-9-7-13(8-10-26)18-24-25-19(29-18)17(27)23-16-6-5-14(21)11-15(16)22/h5-6,11-13H,3-4,7-10H2,1-2H3,(H,23,27). The van der Waals surface area contributed by atoms with E-state index < -0.39 is 17.5 Å².